The summed E-state index contributed by atoms with van der Waals surface area (Å²) < 4.78 is 0. The highest BCUT2D eigenvalue weighted by molar-refractivity contribution is 7.11. The number of aryl methyl sites for hydroxylation is 5. The van der Waals surface area contributed by atoms with Gasteiger partial charge in [-0.05, 0) is 44.4 Å². The van der Waals surface area contributed by atoms with Gasteiger partial charge in [0.1, 0.15) is 0 Å². The van der Waals surface area contributed by atoms with E-state index < -0.39 is 0 Å². The van der Waals surface area contributed by atoms with Gasteiger partial charge in [0, 0.05) is 17.0 Å². The third kappa shape index (κ3) is 2.86. The van der Waals surface area contributed by atoms with Crippen LogP contribution in [0.1, 0.15) is 26.7 Å². The van der Waals surface area contributed by atoms with E-state index in [9.17, 15) is 0 Å². The molecule has 0 spiro atoms. The van der Waals surface area contributed by atoms with Crippen LogP contribution in [0.3, 0.4) is 0 Å². The molecule has 3 heteroatoms. The van der Waals surface area contributed by atoms with Crippen molar-refractivity contribution >= 4 is 17.0 Å². The number of hydrogen-bond donors (Lipinski definition) is 1. The molecule has 0 amide bonds. The number of anilines is 1. The van der Waals surface area contributed by atoms with E-state index in [4.69, 9.17) is 5.73 Å². The highest BCUT2D eigenvalue weighted by Crippen LogP contribution is 2.19. The lowest BCUT2D eigenvalue weighted by Gasteiger charge is -2.03. The van der Waals surface area contributed by atoms with Gasteiger partial charge >= 0.3 is 0 Å². The minimum absolute atomic E-state index is 0.883. The van der Waals surface area contributed by atoms with E-state index in [-0.39, 0.29) is 0 Å². The third-order valence-corrected chi connectivity index (χ3v) is 4.18. The number of rotatable bonds is 3. The van der Waals surface area contributed by atoms with Crippen molar-refractivity contribution in [3.63, 3.8) is 0 Å². The number of thiazole rings is 1. The van der Waals surface area contributed by atoms with Crippen LogP contribution in [0.2, 0.25) is 0 Å². The van der Waals surface area contributed by atoms with Crippen LogP contribution in [0.5, 0.6) is 0 Å². The lowest BCUT2D eigenvalue weighted by atomic mass is 10.1. The first-order chi connectivity index (χ1) is 8.06. The Bertz CT molecular complexity index is 510. The topological polar surface area (TPSA) is 38.9 Å². The van der Waals surface area contributed by atoms with E-state index >= 15 is 0 Å². The second-order valence-corrected chi connectivity index (χ2v) is 5.73. The van der Waals surface area contributed by atoms with Gasteiger partial charge in [-0.25, -0.2) is 4.98 Å². The Morgan fingerprint density at radius 3 is 2.53 bits per heavy atom. The van der Waals surface area contributed by atoms with Gasteiger partial charge in [0.2, 0.25) is 0 Å². The normalized spacial score (nSPS) is 10.8. The molecule has 90 valence electrons. The van der Waals surface area contributed by atoms with Gasteiger partial charge in [-0.1, -0.05) is 12.1 Å². The maximum absolute atomic E-state index is 5.90. The molecule has 0 radical (unpaired) electrons. The first-order valence-corrected chi connectivity index (χ1v) is 6.66. The number of nitrogens with zero attached hydrogens (tertiary/aromatic N) is 1. The summed E-state index contributed by atoms with van der Waals surface area (Å²) in [5.74, 6) is 0. The molecule has 2 rings (SSSR count). The summed E-state index contributed by atoms with van der Waals surface area (Å²) >= 11 is 1.80. The van der Waals surface area contributed by atoms with E-state index in [0.29, 0.717) is 0 Å². The second kappa shape index (κ2) is 4.88. The predicted octanol–water partition coefficient (Wildman–Crippen LogP) is 3.44. The molecule has 0 saturated heterocycles. The molecule has 1 aromatic heterocycles. The van der Waals surface area contributed by atoms with E-state index in [1.807, 2.05) is 6.92 Å². The van der Waals surface area contributed by atoms with Gasteiger partial charge in [0.05, 0.1) is 10.7 Å². The molecule has 1 heterocycles. The SMILES string of the molecule is Cc1ccc(CCc2nc(C)c(C)s2)cc1N. The molecule has 0 aliphatic carbocycles. The molecule has 0 fully saturated rings. The largest absolute Gasteiger partial charge is 0.399 e. The Hall–Kier alpha value is -1.35. The van der Waals surface area contributed by atoms with E-state index in [1.165, 1.54) is 15.4 Å². The molecule has 0 aliphatic rings. The molecule has 0 bridgehead atoms. The van der Waals surface area contributed by atoms with Crippen LogP contribution >= 0.6 is 11.3 Å². The highest BCUT2D eigenvalue weighted by atomic mass is 32.1. The fraction of sp³-hybridized carbons (Fsp3) is 0.357. The maximum Gasteiger partial charge on any atom is 0.0934 e. The summed E-state index contributed by atoms with van der Waals surface area (Å²) in [5, 5.41) is 1.22. The standard InChI is InChI=1S/C14H18N2S/c1-9-4-5-12(8-13(9)15)6-7-14-16-10(2)11(3)17-14/h4-5,8H,6-7,15H2,1-3H3. The number of nitrogens with two attached hydrogens (primary N) is 1. The Labute approximate surface area is 107 Å². The number of benzene rings is 1. The third-order valence-electron chi connectivity index (χ3n) is 3.04. The molecule has 0 saturated carbocycles. The van der Waals surface area contributed by atoms with E-state index in [2.05, 4.69) is 37.0 Å². The Morgan fingerprint density at radius 1 is 1.18 bits per heavy atom. The Balaban J connectivity index is 2.04. The van der Waals surface area contributed by atoms with Crippen LogP contribution in [0.4, 0.5) is 5.69 Å². The van der Waals surface area contributed by atoms with Crippen molar-refractivity contribution in [1.29, 1.82) is 0 Å². The van der Waals surface area contributed by atoms with Gasteiger partial charge in [0.25, 0.3) is 0 Å². The molecule has 0 atom stereocenters. The highest BCUT2D eigenvalue weighted by Gasteiger charge is 2.04. The minimum atomic E-state index is 0.883. The molecule has 1 aromatic carbocycles. The molecule has 0 aliphatic heterocycles. The van der Waals surface area contributed by atoms with Gasteiger partial charge < -0.3 is 5.73 Å². The average molecular weight is 246 g/mol. The molecular formula is C14H18N2S. The smallest absolute Gasteiger partial charge is 0.0934 e. The Morgan fingerprint density at radius 2 is 1.94 bits per heavy atom. The van der Waals surface area contributed by atoms with Crippen LogP contribution in [0, 0.1) is 20.8 Å². The zero-order valence-corrected chi connectivity index (χ0v) is 11.4. The van der Waals surface area contributed by atoms with Crippen LogP contribution < -0.4 is 5.73 Å². The van der Waals surface area contributed by atoms with Crippen molar-refractivity contribution in [3.8, 4) is 0 Å². The zero-order chi connectivity index (χ0) is 12.4. The monoisotopic (exact) mass is 246 g/mol. The van der Waals surface area contributed by atoms with E-state index in [1.54, 1.807) is 11.3 Å². The quantitative estimate of drug-likeness (QED) is 0.843. The Kier molecular flexibility index (Phi) is 3.48. The lowest BCUT2D eigenvalue weighted by molar-refractivity contribution is 0.935. The maximum atomic E-state index is 5.90. The number of nitrogen functional groups attached to an aromatic ring is 1. The summed E-state index contributed by atoms with van der Waals surface area (Å²) in [6.45, 7) is 6.23. The predicted molar refractivity (Wildman–Crippen MR) is 74.6 cm³/mol. The van der Waals surface area contributed by atoms with Crippen molar-refractivity contribution in [2.45, 2.75) is 33.6 Å². The van der Waals surface area contributed by atoms with Crippen LogP contribution in [-0.4, -0.2) is 4.98 Å². The fourth-order valence-electron chi connectivity index (χ4n) is 1.74. The van der Waals surface area contributed by atoms with E-state index in [0.717, 1.165) is 29.8 Å². The van der Waals surface area contributed by atoms with Gasteiger partial charge in [-0.15, -0.1) is 11.3 Å². The number of aromatic nitrogens is 1. The van der Waals surface area contributed by atoms with Gasteiger partial charge in [0.15, 0.2) is 0 Å². The van der Waals surface area contributed by atoms with Crippen LogP contribution in [0.15, 0.2) is 18.2 Å². The van der Waals surface area contributed by atoms with Crippen molar-refractivity contribution in [3.05, 3.63) is 44.9 Å². The molecule has 2 nitrogen and oxygen atoms in total. The molecule has 2 aromatic rings. The first-order valence-electron chi connectivity index (χ1n) is 5.84. The summed E-state index contributed by atoms with van der Waals surface area (Å²) in [4.78, 5) is 5.88. The van der Waals surface area contributed by atoms with Crippen molar-refractivity contribution in [1.82, 2.24) is 4.98 Å². The van der Waals surface area contributed by atoms with Crippen molar-refractivity contribution < 1.29 is 0 Å². The van der Waals surface area contributed by atoms with Crippen LogP contribution in [-0.2, 0) is 12.8 Å². The van der Waals surface area contributed by atoms with Crippen molar-refractivity contribution in [2.75, 3.05) is 5.73 Å². The van der Waals surface area contributed by atoms with Crippen molar-refractivity contribution in [2.24, 2.45) is 0 Å². The number of hydrogen-bond acceptors (Lipinski definition) is 3. The first kappa shape index (κ1) is 12.1. The zero-order valence-electron chi connectivity index (χ0n) is 10.6. The lowest BCUT2D eigenvalue weighted by Crippen LogP contribution is -1.95. The second-order valence-electron chi connectivity index (χ2n) is 4.44. The summed E-state index contributed by atoms with van der Waals surface area (Å²) in [6.07, 6.45) is 2.01. The minimum Gasteiger partial charge on any atom is -0.399 e. The summed E-state index contributed by atoms with van der Waals surface area (Å²) in [6, 6.07) is 6.31. The van der Waals surface area contributed by atoms with Gasteiger partial charge in [-0.3, -0.25) is 0 Å². The van der Waals surface area contributed by atoms with Gasteiger partial charge in [-0.2, -0.15) is 0 Å². The van der Waals surface area contributed by atoms with Crippen LogP contribution in [0.25, 0.3) is 0 Å². The average Bonchev–Trinajstić information content (AvgIpc) is 2.60. The summed E-state index contributed by atoms with van der Waals surface area (Å²) in [7, 11) is 0. The molecule has 2 N–H and O–H groups in total. The molecule has 0 unspecified atom stereocenters. The summed E-state index contributed by atoms with van der Waals surface area (Å²) in [5.41, 5.74) is 10.4. The fourth-order valence-corrected chi connectivity index (χ4v) is 2.68. The molecular weight excluding hydrogens is 228 g/mol. The molecule has 17 heavy (non-hydrogen) atoms.